The van der Waals surface area contributed by atoms with E-state index in [9.17, 15) is 5.11 Å². The van der Waals surface area contributed by atoms with Gasteiger partial charge in [0.1, 0.15) is 5.15 Å². The fourth-order valence-corrected chi connectivity index (χ4v) is 2.53. The standard InChI is InChI=1S/C15H23ClN2O3/c1-2-3-7-21-12-9-18(6-8-20-11-12)14-4-5-15(16)17-13(14)10-19/h4-5,12,19H,2-3,6-11H2,1H3. The first-order valence-corrected chi connectivity index (χ1v) is 7.83. The molecule has 0 bridgehead atoms. The molecule has 1 aliphatic rings. The van der Waals surface area contributed by atoms with E-state index >= 15 is 0 Å². The monoisotopic (exact) mass is 314 g/mol. The maximum atomic E-state index is 9.47. The number of aliphatic hydroxyl groups excluding tert-OH is 1. The van der Waals surface area contributed by atoms with Crippen molar-refractivity contribution in [2.75, 3.05) is 37.8 Å². The molecule has 1 saturated heterocycles. The maximum Gasteiger partial charge on any atom is 0.129 e. The van der Waals surface area contributed by atoms with Crippen molar-refractivity contribution in [3.63, 3.8) is 0 Å². The van der Waals surface area contributed by atoms with Crippen molar-refractivity contribution < 1.29 is 14.6 Å². The minimum atomic E-state index is -0.130. The molecule has 0 radical (unpaired) electrons. The van der Waals surface area contributed by atoms with E-state index in [-0.39, 0.29) is 12.7 Å². The van der Waals surface area contributed by atoms with E-state index < -0.39 is 0 Å². The lowest BCUT2D eigenvalue weighted by molar-refractivity contribution is -0.000231. The Hall–Kier alpha value is -0.880. The number of ether oxygens (including phenoxy) is 2. The van der Waals surface area contributed by atoms with Crippen LogP contribution in [-0.2, 0) is 16.1 Å². The zero-order valence-corrected chi connectivity index (χ0v) is 13.2. The van der Waals surface area contributed by atoms with Gasteiger partial charge in [0.15, 0.2) is 0 Å². The predicted octanol–water partition coefficient (Wildman–Crippen LogP) is 2.25. The molecule has 1 aromatic heterocycles. The molecule has 6 heteroatoms. The quantitative estimate of drug-likeness (QED) is 0.645. The lowest BCUT2D eigenvalue weighted by Crippen LogP contribution is -2.35. The number of aromatic nitrogens is 1. The lowest BCUT2D eigenvalue weighted by atomic mass is 10.2. The first-order valence-electron chi connectivity index (χ1n) is 7.45. The summed E-state index contributed by atoms with van der Waals surface area (Å²) >= 11 is 5.89. The minimum Gasteiger partial charge on any atom is -0.390 e. The molecular formula is C15H23ClN2O3. The highest BCUT2D eigenvalue weighted by Crippen LogP contribution is 2.23. The topological polar surface area (TPSA) is 54.8 Å². The molecule has 0 aliphatic carbocycles. The van der Waals surface area contributed by atoms with Crippen LogP contribution in [0.2, 0.25) is 5.15 Å². The summed E-state index contributed by atoms with van der Waals surface area (Å²) in [7, 11) is 0. The molecule has 0 amide bonds. The highest BCUT2D eigenvalue weighted by molar-refractivity contribution is 6.29. The third kappa shape index (κ3) is 4.81. The van der Waals surface area contributed by atoms with Gasteiger partial charge in [-0.3, -0.25) is 0 Å². The van der Waals surface area contributed by atoms with Gasteiger partial charge in [0.05, 0.1) is 37.3 Å². The van der Waals surface area contributed by atoms with Gasteiger partial charge in [-0.15, -0.1) is 0 Å². The highest BCUT2D eigenvalue weighted by atomic mass is 35.5. The van der Waals surface area contributed by atoms with E-state index in [4.69, 9.17) is 21.1 Å². The second-order valence-electron chi connectivity index (χ2n) is 5.13. The molecule has 118 valence electrons. The average Bonchev–Trinajstić information content (AvgIpc) is 2.73. The van der Waals surface area contributed by atoms with Gasteiger partial charge in [0.25, 0.3) is 0 Å². The van der Waals surface area contributed by atoms with Gasteiger partial charge < -0.3 is 19.5 Å². The Kier molecular flexibility index (Phi) is 6.70. The van der Waals surface area contributed by atoms with Gasteiger partial charge in [0.2, 0.25) is 0 Å². The number of halogens is 1. The maximum absolute atomic E-state index is 9.47. The van der Waals surface area contributed by atoms with Crippen molar-refractivity contribution in [2.24, 2.45) is 0 Å². The zero-order valence-electron chi connectivity index (χ0n) is 12.4. The van der Waals surface area contributed by atoms with Crippen LogP contribution in [0.15, 0.2) is 12.1 Å². The summed E-state index contributed by atoms with van der Waals surface area (Å²) in [6.07, 6.45) is 2.22. The third-order valence-corrected chi connectivity index (χ3v) is 3.70. The highest BCUT2D eigenvalue weighted by Gasteiger charge is 2.21. The SMILES string of the molecule is CCCCOC1COCCN(c2ccc(Cl)nc2CO)C1. The molecule has 1 aliphatic heterocycles. The van der Waals surface area contributed by atoms with E-state index in [2.05, 4.69) is 16.8 Å². The van der Waals surface area contributed by atoms with E-state index in [0.717, 1.165) is 38.2 Å². The third-order valence-electron chi connectivity index (χ3n) is 3.49. The van der Waals surface area contributed by atoms with E-state index in [1.807, 2.05) is 6.07 Å². The Morgan fingerprint density at radius 1 is 1.52 bits per heavy atom. The van der Waals surface area contributed by atoms with Crippen LogP contribution in [0.3, 0.4) is 0 Å². The summed E-state index contributed by atoms with van der Waals surface area (Å²) in [5, 5.41) is 9.87. The first kappa shape index (κ1) is 16.5. The van der Waals surface area contributed by atoms with E-state index in [0.29, 0.717) is 24.1 Å². The number of rotatable bonds is 6. The van der Waals surface area contributed by atoms with Crippen LogP contribution in [0.4, 0.5) is 5.69 Å². The minimum absolute atomic E-state index is 0.0428. The van der Waals surface area contributed by atoms with Crippen molar-refractivity contribution >= 4 is 17.3 Å². The largest absolute Gasteiger partial charge is 0.390 e. The molecule has 2 rings (SSSR count). The molecule has 2 heterocycles. The van der Waals surface area contributed by atoms with Gasteiger partial charge in [-0.05, 0) is 18.6 Å². The molecular weight excluding hydrogens is 292 g/mol. The van der Waals surface area contributed by atoms with Crippen LogP contribution < -0.4 is 4.90 Å². The molecule has 1 aromatic rings. The Balaban J connectivity index is 2.06. The zero-order chi connectivity index (χ0) is 15.1. The molecule has 1 unspecified atom stereocenters. The molecule has 1 fully saturated rings. The normalized spacial score (nSPS) is 19.6. The number of hydrogen-bond acceptors (Lipinski definition) is 5. The van der Waals surface area contributed by atoms with Crippen molar-refractivity contribution in [3.8, 4) is 0 Å². The van der Waals surface area contributed by atoms with Crippen LogP contribution in [0, 0.1) is 0 Å². The average molecular weight is 315 g/mol. The summed E-state index contributed by atoms with van der Waals surface area (Å²) in [6, 6.07) is 3.64. The van der Waals surface area contributed by atoms with Gasteiger partial charge in [-0.1, -0.05) is 24.9 Å². The molecule has 5 nitrogen and oxygen atoms in total. The summed E-state index contributed by atoms with van der Waals surface area (Å²) in [5.74, 6) is 0. The molecule has 0 saturated carbocycles. The Morgan fingerprint density at radius 3 is 3.14 bits per heavy atom. The predicted molar refractivity (Wildman–Crippen MR) is 82.8 cm³/mol. The summed E-state index contributed by atoms with van der Waals surface area (Å²) in [4.78, 5) is 6.34. The van der Waals surface area contributed by atoms with Crippen LogP contribution >= 0.6 is 11.6 Å². The smallest absolute Gasteiger partial charge is 0.129 e. The van der Waals surface area contributed by atoms with Crippen LogP contribution in [0.5, 0.6) is 0 Å². The van der Waals surface area contributed by atoms with Crippen molar-refractivity contribution in [3.05, 3.63) is 23.0 Å². The van der Waals surface area contributed by atoms with Gasteiger partial charge in [-0.25, -0.2) is 4.98 Å². The fourth-order valence-electron chi connectivity index (χ4n) is 2.36. The van der Waals surface area contributed by atoms with Gasteiger partial charge in [0, 0.05) is 19.7 Å². The summed E-state index contributed by atoms with van der Waals surface area (Å²) < 4.78 is 11.5. The first-order chi connectivity index (χ1) is 10.2. The number of unbranched alkanes of at least 4 members (excludes halogenated alkanes) is 1. The summed E-state index contributed by atoms with van der Waals surface area (Å²) in [5.41, 5.74) is 1.49. The Morgan fingerprint density at radius 2 is 2.38 bits per heavy atom. The van der Waals surface area contributed by atoms with Crippen molar-refractivity contribution in [1.29, 1.82) is 0 Å². The number of anilines is 1. The Bertz CT molecular complexity index is 445. The number of aliphatic hydroxyl groups is 1. The van der Waals surface area contributed by atoms with Crippen molar-refractivity contribution in [1.82, 2.24) is 4.98 Å². The number of nitrogens with zero attached hydrogens (tertiary/aromatic N) is 2. The molecule has 1 atom stereocenters. The number of hydrogen-bond donors (Lipinski definition) is 1. The van der Waals surface area contributed by atoms with E-state index in [1.165, 1.54) is 0 Å². The molecule has 1 N–H and O–H groups in total. The van der Waals surface area contributed by atoms with Crippen LogP contribution in [-0.4, -0.2) is 49.1 Å². The van der Waals surface area contributed by atoms with Gasteiger partial charge in [-0.2, -0.15) is 0 Å². The lowest BCUT2D eigenvalue weighted by Gasteiger charge is -2.27. The fraction of sp³-hybridized carbons (Fsp3) is 0.667. The Labute approximate surface area is 130 Å². The van der Waals surface area contributed by atoms with Crippen LogP contribution in [0.25, 0.3) is 0 Å². The van der Waals surface area contributed by atoms with Gasteiger partial charge >= 0.3 is 0 Å². The molecule has 21 heavy (non-hydrogen) atoms. The van der Waals surface area contributed by atoms with Crippen LogP contribution in [0.1, 0.15) is 25.5 Å². The number of pyridine rings is 1. The molecule has 0 spiro atoms. The second kappa shape index (κ2) is 8.54. The molecule has 0 aromatic carbocycles. The van der Waals surface area contributed by atoms with E-state index in [1.54, 1.807) is 6.07 Å². The second-order valence-corrected chi connectivity index (χ2v) is 5.51. The van der Waals surface area contributed by atoms with Crippen molar-refractivity contribution in [2.45, 2.75) is 32.5 Å². The summed E-state index contributed by atoms with van der Waals surface area (Å²) in [6.45, 7) is 5.51.